The number of pyridine rings is 1. The summed E-state index contributed by atoms with van der Waals surface area (Å²) in [5, 5.41) is 0. The number of aromatic nitrogens is 1. The number of sulfonamides is 1. The fourth-order valence-electron chi connectivity index (χ4n) is 1.79. The second-order valence-corrected chi connectivity index (χ2v) is 6.40. The monoisotopic (exact) mass is 309 g/mol. The van der Waals surface area contributed by atoms with E-state index in [-0.39, 0.29) is 22.7 Å². The molecule has 0 aliphatic rings. The average molecular weight is 309 g/mol. The molecule has 7 heteroatoms. The Labute approximate surface area is 123 Å². The van der Waals surface area contributed by atoms with Gasteiger partial charge in [-0.3, -0.25) is 4.98 Å². The molecule has 0 aliphatic heterocycles. The first-order valence-corrected chi connectivity index (χ1v) is 7.82. The molecule has 112 valence electrons. The van der Waals surface area contributed by atoms with Crippen LogP contribution in [0.5, 0.6) is 0 Å². The summed E-state index contributed by atoms with van der Waals surface area (Å²) in [6.45, 7) is 1.69. The van der Waals surface area contributed by atoms with E-state index in [1.807, 2.05) is 6.07 Å². The van der Waals surface area contributed by atoms with Gasteiger partial charge in [0.15, 0.2) is 0 Å². The van der Waals surface area contributed by atoms with E-state index in [0.29, 0.717) is 6.42 Å². The maximum atomic E-state index is 13.6. The number of nitrogens with two attached hydrogens (primary N) is 1. The number of hydrogen-bond acceptors (Lipinski definition) is 4. The van der Waals surface area contributed by atoms with Crippen LogP contribution in [0.4, 0.5) is 10.1 Å². The third kappa shape index (κ3) is 3.77. The van der Waals surface area contributed by atoms with Crippen LogP contribution in [0.3, 0.4) is 0 Å². The van der Waals surface area contributed by atoms with Gasteiger partial charge in [-0.2, -0.15) is 0 Å². The Bertz CT molecular complexity index is 710. The summed E-state index contributed by atoms with van der Waals surface area (Å²) in [5.41, 5.74) is 6.86. The molecule has 2 aromatic rings. The first-order valence-electron chi connectivity index (χ1n) is 6.34. The predicted octanol–water partition coefficient (Wildman–Crippen LogP) is 1.63. The maximum absolute atomic E-state index is 13.6. The standard InChI is InChI=1S/C14H16FN3O2S/c1-10-13(15)7-12(8-14(10)16)21(19,20)18-6-4-11-3-2-5-17-9-11/h2-3,5,7-9,18H,4,6,16H2,1H3. The molecule has 3 N–H and O–H groups in total. The largest absolute Gasteiger partial charge is 0.398 e. The van der Waals surface area contributed by atoms with Gasteiger partial charge < -0.3 is 5.73 Å². The summed E-state index contributed by atoms with van der Waals surface area (Å²) >= 11 is 0. The van der Waals surface area contributed by atoms with Crippen LogP contribution in [-0.4, -0.2) is 19.9 Å². The van der Waals surface area contributed by atoms with E-state index in [1.54, 1.807) is 18.5 Å². The van der Waals surface area contributed by atoms with Gasteiger partial charge in [-0.15, -0.1) is 0 Å². The Kier molecular flexibility index (Phi) is 4.54. The molecular weight excluding hydrogens is 293 g/mol. The van der Waals surface area contributed by atoms with Gasteiger partial charge in [-0.1, -0.05) is 6.07 Å². The fourth-order valence-corrected chi connectivity index (χ4v) is 2.87. The van der Waals surface area contributed by atoms with Gasteiger partial charge in [0.25, 0.3) is 0 Å². The topological polar surface area (TPSA) is 85.1 Å². The van der Waals surface area contributed by atoms with Crippen LogP contribution in [0.2, 0.25) is 0 Å². The lowest BCUT2D eigenvalue weighted by atomic mass is 10.2. The summed E-state index contributed by atoms with van der Waals surface area (Å²) in [4.78, 5) is 3.78. The molecular formula is C14H16FN3O2S. The van der Waals surface area contributed by atoms with Crippen LogP contribution in [0.1, 0.15) is 11.1 Å². The molecule has 1 aromatic carbocycles. The minimum absolute atomic E-state index is 0.114. The minimum Gasteiger partial charge on any atom is -0.398 e. The maximum Gasteiger partial charge on any atom is 0.240 e. The molecule has 1 heterocycles. The zero-order valence-electron chi connectivity index (χ0n) is 11.5. The number of rotatable bonds is 5. The lowest BCUT2D eigenvalue weighted by Gasteiger charge is -2.09. The van der Waals surface area contributed by atoms with E-state index in [4.69, 9.17) is 5.73 Å². The van der Waals surface area contributed by atoms with Crippen LogP contribution in [0.15, 0.2) is 41.6 Å². The predicted molar refractivity (Wildman–Crippen MR) is 78.7 cm³/mol. The molecule has 0 unspecified atom stereocenters. The molecule has 21 heavy (non-hydrogen) atoms. The van der Waals surface area contributed by atoms with Gasteiger partial charge in [0.05, 0.1) is 4.90 Å². The summed E-state index contributed by atoms with van der Waals surface area (Å²) in [6, 6.07) is 5.85. The van der Waals surface area contributed by atoms with Crippen LogP contribution < -0.4 is 10.5 Å². The van der Waals surface area contributed by atoms with Crippen molar-refractivity contribution in [2.75, 3.05) is 12.3 Å². The highest BCUT2D eigenvalue weighted by Gasteiger charge is 2.17. The van der Waals surface area contributed by atoms with Crippen molar-refractivity contribution in [3.05, 3.63) is 53.6 Å². The highest BCUT2D eigenvalue weighted by atomic mass is 32.2. The Morgan fingerprint density at radius 2 is 2.14 bits per heavy atom. The van der Waals surface area contributed by atoms with E-state index < -0.39 is 15.8 Å². The molecule has 0 atom stereocenters. The molecule has 5 nitrogen and oxygen atoms in total. The van der Waals surface area contributed by atoms with Gasteiger partial charge in [-0.05, 0) is 37.1 Å². The van der Waals surface area contributed by atoms with Crippen molar-refractivity contribution in [3.63, 3.8) is 0 Å². The summed E-state index contributed by atoms with van der Waals surface area (Å²) in [5.74, 6) is -0.636. The second-order valence-electron chi connectivity index (χ2n) is 4.63. The van der Waals surface area contributed by atoms with Crippen LogP contribution >= 0.6 is 0 Å². The van der Waals surface area contributed by atoms with Crippen molar-refractivity contribution in [1.29, 1.82) is 0 Å². The highest BCUT2D eigenvalue weighted by Crippen LogP contribution is 2.20. The molecule has 0 fully saturated rings. The SMILES string of the molecule is Cc1c(N)cc(S(=O)(=O)NCCc2cccnc2)cc1F. The number of anilines is 1. The van der Waals surface area contributed by atoms with Crippen molar-refractivity contribution in [3.8, 4) is 0 Å². The summed E-state index contributed by atoms with van der Waals surface area (Å²) < 4.78 is 40.2. The molecule has 2 rings (SSSR count). The Morgan fingerprint density at radius 1 is 1.38 bits per heavy atom. The lowest BCUT2D eigenvalue weighted by molar-refractivity contribution is 0.577. The smallest absolute Gasteiger partial charge is 0.240 e. The minimum atomic E-state index is -3.78. The number of nitrogen functional groups attached to an aromatic ring is 1. The van der Waals surface area contributed by atoms with E-state index >= 15 is 0 Å². The summed E-state index contributed by atoms with van der Waals surface area (Å²) in [7, 11) is -3.78. The van der Waals surface area contributed by atoms with E-state index in [2.05, 4.69) is 9.71 Å². The Hall–Kier alpha value is -1.99. The molecule has 0 spiro atoms. The van der Waals surface area contributed by atoms with Gasteiger partial charge in [-0.25, -0.2) is 17.5 Å². The van der Waals surface area contributed by atoms with Crippen LogP contribution in [0.25, 0.3) is 0 Å². The number of nitrogens with one attached hydrogen (secondary N) is 1. The molecule has 0 aliphatic carbocycles. The molecule has 0 saturated carbocycles. The van der Waals surface area contributed by atoms with Gasteiger partial charge in [0, 0.05) is 30.2 Å². The third-order valence-electron chi connectivity index (χ3n) is 3.10. The number of benzene rings is 1. The zero-order chi connectivity index (χ0) is 15.5. The second kappa shape index (κ2) is 6.19. The van der Waals surface area contributed by atoms with Crippen molar-refractivity contribution in [2.24, 2.45) is 0 Å². The quantitative estimate of drug-likeness (QED) is 0.822. The van der Waals surface area contributed by atoms with E-state index in [1.165, 1.54) is 13.0 Å². The first-order chi connectivity index (χ1) is 9.90. The normalized spacial score (nSPS) is 11.5. The number of halogens is 1. The van der Waals surface area contributed by atoms with Gasteiger partial charge in [0.2, 0.25) is 10.0 Å². The van der Waals surface area contributed by atoms with Crippen molar-refractivity contribution >= 4 is 15.7 Å². The fraction of sp³-hybridized carbons (Fsp3) is 0.214. The molecule has 1 aromatic heterocycles. The van der Waals surface area contributed by atoms with Crippen molar-refractivity contribution < 1.29 is 12.8 Å². The molecule has 0 radical (unpaired) electrons. The van der Waals surface area contributed by atoms with Crippen LogP contribution in [-0.2, 0) is 16.4 Å². The third-order valence-corrected chi connectivity index (χ3v) is 4.54. The first kappa shape index (κ1) is 15.4. The van der Waals surface area contributed by atoms with Crippen molar-refractivity contribution in [1.82, 2.24) is 9.71 Å². The average Bonchev–Trinajstić information content (AvgIpc) is 2.45. The van der Waals surface area contributed by atoms with Crippen LogP contribution in [0, 0.1) is 12.7 Å². The lowest BCUT2D eigenvalue weighted by Crippen LogP contribution is -2.26. The molecule has 0 amide bonds. The highest BCUT2D eigenvalue weighted by molar-refractivity contribution is 7.89. The van der Waals surface area contributed by atoms with E-state index in [9.17, 15) is 12.8 Å². The van der Waals surface area contributed by atoms with Crippen molar-refractivity contribution in [2.45, 2.75) is 18.2 Å². The molecule has 0 saturated heterocycles. The number of nitrogens with zero attached hydrogens (tertiary/aromatic N) is 1. The Balaban J connectivity index is 2.09. The van der Waals surface area contributed by atoms with E-state index in [0.717, 1.165) is 11.6 Å². The van der Waals surface area contributed by atoms with Gasteiger partial charge in [0.1, 0.15) is 5.82 Å². The number of hydrogen-bond donors (Lipinski definition) is 2. The summed E-state index contributed by atoms with van der Waals surface area (Å²) in [6.07, 6.45) is 3.81. The van der Waals surface area contributed by atoms with Gasteiger partial charge >= 0.3 is 0 Å². The Morgan fingerprint density at radius 3 is 2.76 bits per heavy atom. The molecule has 0 bridgehead atoms. The zero-order valence-corrected chi connectivity index (χ0v) is 12.3.